The molecule has 0 bridgehead atoms. The number of piperazine rings is 1. The Morgan fingerprint density at radius 2 is 1.81 bits per heavy atom. The lowest BCUT2D eigenvalue weighted by molar-refractivity contribution is 0.0632. The van der Waals surface area contributed by atoms with E-state index in [0.717, 1.165) is 45.0 Å². The first kappa shape index (κ1) is 19.0. The molecule has 5 nitrogen and oxygen atoms in total. The third kappa shape index (κ3) is 4.08. The Hall–Kier alpha value is -1.37. The molecule has 4 rings (SSSR count). The number of likely N-dealkylation sites (tertiary alicyclic amines) is 1. The van der Waals surface area contributed by atoms with Crippen molar-refractivity contribution in [3.05, 3.63) is 22.2 Å². The number of nitrogens with one attached hydrogen (secondary N) is 1. The van der Waals surface area contributed by atoms with Gasteiger partial charge in [0, 0.05) is 43.2 Å². The number of hydrogen-bond donors (Lipinski definition) is 1. The Bertz CT molecular complexity index is 782. The number of nitrogens with zero attached hydrogens (tertiary/aromatic N) is 3. The van der Waals surface area contributed by atoms with Crippen molar-refractivity contribution in [2.24, 2.45) is 0 Å². The third-order valence-corrected chi connectivity index (χ3v) is 7.13. The minimum absolute atomic E-state index is 0.163. The fourth-order valence-electron chi connectivity index (χ4n) is 4.45. The van der Waals surface area contributed by atoms with E-state index in [1.54, 1.807) is 0 Å². The molecule has 0 atom stereocenters. The zero-order valence-electron chi connectivity index (χ0n) is 16.7. The molecule has 0 saturated carbocycles. The lowest BCUT2D eigenvalue weighted by Gasteiger charge is -2.34. The maximum atomic E-state index is 13.0. The molecule has 2 saturated heterocycles. The lowest BCUT2D eigenvalue weighted by atomic mass is 10.1. The van der Waals surface area contributed by atoms with E-state index in [-0.39, 0.29) is 5.91 Å². The molecule has 0 spiro atoms. The van der Waals surface area contributed by atoms with Gasteiger partial charge in [-0.3, -0.25) is 14.6 Å². The van der Waals surface area contributed by atoms with E-state index in [2.05, 4.69) is 34.7 Å². The number of amides is 1. The summed E-state index contributed by atoms with van der Waals surface area (Å²) in [6.45, 7) is 12.6. The number of hydrogen-bond acceptors (Lipinski definition) is 4. The first-order valence-corrected chi connectivity index (χ1v) is 11.3. The highest BCUT2D eigenvalue weighted by Gasteiger charge is 2.24. The lowest BCUT2D eigenvalue weighted by Crippen LogP contribution is -2.48. The van der Waals surface area contributed by atoms with Crippen molar-refractivity contribution >= 4 is 27.5 Å². The zero-order valence-corrected chi connectivity index (χ0v) is 17.5. The van der Waals surface area contributed by atoms with Gasteiger partial charge in [0.05, 0.1) is 10.2 Å². The van der Waals surface area contributed by atoms with Crippen molar-refractivity contribution in [3.63, 3.8) is 0 Å². The molecule has 0 radical (unpaired) electrons. The molecule has 0 aromatic carbocycles. The van der Waals surface area contributed by atoms with Crippen LogP contribution in [-0.2, 0) is 6.54 Å². The zero-order chi connectivity index (χ0) is 18.8. The third-order valence-electron chi connectivity index (χ3n) is 6.03. The maximum Gasteiger partial charge on any atom is 0.270 e. The molecular weight excluding hydrogens is 356 g/mol. The van der Waals surface area contributed by atoms with Crippen LogP contribution in [-0.4, -0.2) is 71.4 Å². The maximum absolute atomic E-state index is 13.0. The summed E-state index contributed by atoms with van der Waals surface area (Å²) in [5, 5.41) is 0. The van der Waals surface area contributed by atoms with Crippen molar-refractivity contribution in [2.75, 3.05) is 45.8 Å². The number of fused-ring (bicyclic) bond motifs is 1. The van der Waals surface area contributed by atoms with Gasteiger partial charge in [0.1, 0.15) is 5.69 Å². The molecule has 2 aliphatic heterocycles. The molecule has 0 aliphatic carbocycles. The number of H-pyrrole nitrogens is 1. The van der Waals surface area contributed by atoms with Crippen molar-refractivity contribution in [1.82, 2.24) is 19.7 Å². The standard InChI is InChI=1S/C21H32N4OS/c1-3-7-23-10-12-25(13-11-23)21(26)18-14-19-20(22-18)17(16(2)27-19)15-24-8-5-4-6-9-24/h14,22H,3-13,15H2,1-2H3. The van der Waals surface area contributed by atoms with Gasteiger partial charge in [-0.15, -0.1) is 11.3 Å². The minimum Gasteiger partial charge on any atom is -0.350 e. The largest absolute Gasteiger partial charge is 0.350 e. The quantitative estimate of drug-likeness (QED) is 0.849. The van der Waals surface area contributed by atoms with Gasteiger partial charge in [-0.05, 0) is 51.9 Å². The van der Waals surface area contributed by atoms with Crippen molar-refractivity contribution in [2.45, 2.75) is 46.1 Å². The van der Waals surface area contributed by atoms with Crippen LogP contribution >= 0.6 is 11.3 Å². The summed E-state index contributed by atoms with van der Waals surface area (Å²) in [7, 11) is 0. The molecular formula is C21H32N4OS. The van der Waals surface area contributed by atoms with E-state index in [0.29, 0.717) is 0 Å². The van der Waals surface area contributed by atoms with Gasteiger partial charge in [-0.1, -0.05) is 13.3 Å². The van der Waals surface area contributed by atoms with Crippen LogP contribution in [0.1, 0.15) is 53.5 Å². The Kier molecular flexibility index (Phi) is 5.85. The Morgan fingerprint density at radius 3 is 2.52 bits per heavy atom. The number of rotatable bonds is 5. The summed E-state index contributed by atoms with van der Waals surface area (Å²) >= 11 is 1.82. The van der Waals surface area contributed by atoms with Gasteiger partial charge in [0.2, 0.25) is 0 Å². The van der Waals surface area contributed by atoms with Crippen LogP contribution in [0.5, 0.6) is 0 Å². The number of piperidine rings is 1. The summed E-state index contributed by atoms with van der Waals surface area (Å²) in [6.07, 6.45) is 5.16. The van der Waals surface area contributed by atoms with Crippen LogP contribution in [0.3, 0.4) is 0 Å². The molecule has 1 amide bonds. The van der Waals surface area contributed by atoms with Gasteiger partial charge in [-0.25, -0.2) is 0 Å². The second-order valence-corrected chi connectivity index (χ2v) is 9.29. The average Bonchev–Trinajstić information content (AvgIpc) is 3.22. The molecule has 2 aromatic rings. The van der Waals surface area contributed by atoms with Gasteiger partial charge < -0.3 is 9.88 Å². The number of carbonyl (C=O) groups excluding carboxylic acids is 1. The fraction of sp³-hybridized carbons (Fsp3) is 0.667. The SMILES string of the molecule is CCCN1CCN(C(=O)c2cc3sc(C)c(CN4CCCCC4)c3[nH]2)CC1. The van der Waals surface area contributed by atoms with Crippen molar-refractivity contribution in [1.29, 1.82) is 0 Å². The van der Waals surface area contributed by atoms with Crippen LogP contribution in [0.2, 0.25) is 0 Å². The summed E-state index contributed by atoms with van der Waals surface area (Å²) in [5.41, 5.74) is 3.35. The highest BCUT2D eigenvalue weighted by molar-refractivity contribution is 7.19. The van der Waals surface area contributed by atoms with E-state index in [4.69, 9.17) is 0 Å². The predicted octanol–water partition coefficient (Wildman–Crippen LogP) is 3.69. The van der Waals surface area contributed by atoms with E-state index in [9.17, 15) is 4.79 Å². The van der Waals surface area contributed by atoms with E-state index in [1.165, 1.54) is 59.4 Å². The van der Waals surface area contributed by atoms with Gasteiger partial charge in [0.15, 0.2) is 0 Å². The number of aryl methyl sites for hydroxylation is 1. The first-order chi connectivity index (χ1) is 13.2. The highest BCUT2D eigenvalue weighted by Crippen LogP contribution is 2.33. The predicted molar refractivity (Wildman–Crippen MR) is 113 cm³/mol. The second kappa shape index (κ2) is 8.33. The molecule has 148 valence electrons. The monoisotopic (exact) mass is 388 g/mol. The molecule has 4 heterocycles. The normalized spacial score (nSPS) is 19.9. The molecule has 2 aromatic heterocycles. The van der Waals surface area contributed by atoms with Gasteiger partial charge >= 0.3 is 0 Å². The number of aromatic amines is 1. The van der Waals surface area contributed by atoms with E-state index in [1.807, 2.05) is 16.2 Å². The summed E-state index contributed by atoms with van der Waals surface area (Å²) < 4.78 is 1.23. The molecule has 2 aliphatic rings. The van der Waals surface area contributed by atoms with Crippen LogP contribution < -0.4 is 0 Å². The molecule has 2 fully saturated rings. The highest BCUT2D eigenvalue weighted by atomic mass is 32.1. The minimum atomic E-state index is 0.163. The van der Waals surface area contributed by atoms with Gasteiger partial charge in [0.25, 0.3) is 5.91 Å². The number of carbonyl (C=O) groups is 1. The fourth-order valence-corrected chi connectivity index (χ4v) is 5.52. The molecule has 1 N–H and O–H groups in total. The van der Waals surface area contributed by atoms with Gasteiger partial charge in [-0.2, -0.15) is 0 Å². The Morgan fingerprint density at radius 1 is 1.07 bits per heavy atom. The average molecular weight is 389 g/mol. The van der Waals surface area contributed by atoms with Crippen molar-refractivity contribution < 1.29 is 4.79 Å². The van der Waals surface area contributed by atoms with Crippen LogP contribution in [0.4, 0.5) is 0 Å². The summed E-state index contributed by atoms with van der Waals surface area (Å²) in [4.78, 5) is 24.9. The smallest absolute Gasteiger partial charge is 0.270 e. The topological polar surface area (TPSA) is 42.6 Å². The van der Waals surface area contributed by atoms with E-state index < -0.39 is 0 Å². The van der Waals surface area contributed by atoms with Crippen LogP contribution in [0.15, 0.2) is 6.07 Å². The van der Waals surface area contributed by atoms with Crippen LogP contribution in [0, 0.1) is 6.92 Å². The van der Waals surface area contributed by atoms with Crippen LogP contribution in [0.25, 0.3) is 10.2 Å². The summed E-state index contributed by atoms with van der Waals surface area (Å²) in [6, 6.07) is 2.08. The second-order valence-electron chi connectivity index (χ2n) is 8.03. The van der Waals surface area contributed by atoms with Crippen molar-refractivity contribution in [3.8, 4) is 0 Å². The first-order valence-electron chi connectivity index (χ1n) is 10.5. The summed E-state index contributed by atoms with van der Waals surface area (Å²) in [5.74, 6) is 0.163. The Labute approximate surface area is 166 Å². The Balaban J connectivity index is 1.47. The molecule has 27 heavy (non-hydrogen) atoms. The number of thiophene rings is 1. The van der Waals surface area contributed by atoms with E-state index >= 15 is 0 Å². The molecule has 6 heteroatoms. The molecule has 0 unspecified atom stereocenters. The number of aromatic nitrogens is 1.